The first-order chi connectivity index (χ1) is 13.6. The van der Waals surface area contributed by atoms with Crippen molar-refractivity contribution in [1.29, 1.82) is 0 Å². The summed E-state index contributed by atoms with van der Waals surface area (Å²) in [5.41, 5.74) is 4.87. The summed E-state index contributed by atoms with van der Waals surface area (Å²) in [7, 11) is 0. The third-order valence-corrected chi connectivity index (χ3v) is 5.36. The van der Waals surface area contributed by atoms with Crippen LogP contribution in [0.1, 0.15) is 35.2 Å². The van der Waals surface area contributed by atoms with Gasteiger partial charge >= 0.3 is 0 Å². The lowest BCUT2D eigenvalue weighted by molar-refractivity contribution is -0.140. The van der Waals surface area contributed by atoms with E-state index in [0.29, 0.717) is 12.3 Å². The van der Waals surface area contributed by atoms with Crippen molar-refractivity contribution in [2.24, 2.45) is 0 Å². The molecule has 2 atom stereocenters. The van der Waals surface area contributed by atoms with Crippen molar-refractivity contribution in [3.63, 3.8) is 0 Å². The molecular formula is C25H25NO2. The van der Waals surface area contributed by atoms with Crippen LogP contribution in [-0.2, 0) is 11.2 Å². The number of amides is 1. The predicted octanol–water partition coefficient (Wildman–Crippen LogP) is 4.94. The molecule has 3 nitrogen and oxygen atoms in total. The molecule has 0 unspecified atom stereocenters. The number of hydrogen-bond donors (Lipinski definition) is 0. The van der Waals surface area contributed by atoms with Crippen molar-refractivity contribution in [2.75, 3.05) is 6.54 Å². The molecule has 0 aliphatic carbocycles. The Morgan fingerprint density at radius 3 is 2.39 bits per heavy atom. The maximum Gasteiger partial charge on any atom is 0.264 e. The molecule has 0 aromatic heterocycles. The molecule has 3 heteroatoms. The quantitative estimate of drug-likeness (QED) is 0.650. The molecule has 0 radical (unpaired) electrons. The molecule has 3 aromatic carbocycles. The fourth-order valence-electron chi connectivity index (χ4n) is 3.90. The van der Waals surface area contributed by atoms with Gasteiger partial charge in [-0.15, -0.1) is 0 Å². The summed E-state index contributed by atoms with van der Waals surface area (Å²) in [4.78, 5) is 15.3. The lowest BCUT2D eigenvalue weighted by Crippen LogP contribution is -2.46. The second kappa shape index (κ2) is 7.89. The topological polar surface area (TPSA) is 29.5 Å². The van der Waals surface area contributed by atoms with Gasteiger partial charge in [0.2, 0.25) is 0 Å². The first-order valence-electron chi connectivity index (χ1n) is 9.80. The number of hydrogen-bond acceptors (Lipinski definition) is 2. The Balaban J connectivity index is 1.66. The molecule has 1 amide bonds. The summed E-state index contributed by atoms with van der Waals surface area (Å²) in [5.74, 6) is 0.733. The SMILES string of the molecule is Cc1ccc([C@H]2c3ccccc3CCN2C(=O)[C@H](C)Oc2ccccc2)cc1. The highest BCUT2D eigenvalue weighted by Gasteiger charge is 2.34. The summed E-state index contributed by atoms with van der Waals surface area (Å²) in [6, 6.07) is 26.4. The van der Waals surface area contributed by atoms with Crippen LogP contribution in [0.25, 0.3) is 0 Å². The van der Waals surface area contributed by atoms with Crippen LogP contribution in [0.2, 0.25) is 0 Å². The van der Waals surface area contributed by atoms with Gasteiger partial charge in [0.1, 0.15) is 5.75 Å². The zero-order chi connectivity index (χ0) is 19.5. The Bertz CT molecular complexity index is 950. The van der Waals surface area contributed by atoms with Gasteiger partial charge < -0.3 is 9.64 Å². The van der Waals surface area contributed by atoms with E-state index in [2.05, 4.69) is 55.5 Å². The van der Waals surface area contributed by atoms with E-state index >= 15 is 0 Å². The van der Waals surface area contributed by atoms with Crippen molar-refractivity contribution in [3.05, 3.63) is 101 Å². The molecule has 0 bridgehead atoms. The van der Waals surface area contributed by atoms with E-state index in [0.717, 1.165) is 12.0 Å². The molecule has 142 valence electrons. The van der Waals surface area contributed by atoms with Crippen LogP contribution >= 0.6 is 0 Å². The number of nitrogens with zero attached hydrogens (tertiary/aromatic N) is 1. The Labute approximate surface area is 166 Å². The molecule has 0 saturated carbocycles. The molecule has 1 aliphatic heterocycles. The minimum absolute atomic E-state index is 0.0175. The van der Waals surface area contributed by atoms with Gasteiger partial charge in [0.05, 0.1) is 6.04 Å². The number of fused-ring (bicyclic) bond motifs is 1. The molecule has 4 rings (SSSR count). The Kier molecular flexibility index (Phi) is 5.16. The van der Waals surface area contributed by atoms with Crippen LogP contribution in [0, 0.1) is 6.92 Å². The minimum Gasteiger partial charge on any atom is -0.481 e. The minimum atomic E-state index is -0.541. The lowest BCUT2D eigenvalue weighted by atomic mass is 9.87. The second-order valence-electron chi connectivity index (χ2n) is 7.37. The van der Waals surface area contributed by atoms with Crippen LogP contribution in [0.3, 0.4) is 0 Å². The first-order valence-corrected chi connectivity index (χ1v) is 9.80. The summed E-state index contributed by atoms with van der Waals surface area (Å²) in [6.07, 6.45) is 0.322. The van der Waals surface area contributed by atoms with E-state index in [4.69, 9.17) is 4.74 Å². The second-order valence-corrected chi connectivity index (χ2v) is 7.37. The van der Waals surface area contributed by atoms with Crippen molar-refractivity contribution in [3.8, 4) is 5.75 Å². The number of benzene rings is 3. The van der Waals surface area contributed by atoms with E-state index < -0.39 is 6.10 Å². The van der Waals surface area contributed by atoms with Gasteiger partial charge in [-0.2, -0.15) is 0 Å². The summed E-state index contributed by atoms with van der Waals surface area (Å²) in [6.45, 7) is 4.61. The molecule has 0 N–H and O–H groups in total. The van der Waals surface area contributed by atoms with Gasteiger partial charge in [-0.3, -0.25) is 4.79 Å². The van der Waals surface area contributed by atoms with Crippen molar-refractivity contribution >= 4 is 5.91 Å². The zero-order valence-corrected chi connectivity index (χ0v) is 16.3. The molecule has 3 aromatic rings. The summed E-state index contributed by atoms with van der Waals surface area (Å²) >= 11 is 0. The fraction of sp³-hybridized carbons (Fsp3) is 0.240. The van der Waals surface area contributed by atoms with Gasteiger partial charge in [0.15, 0.2) is 6.10 Å². The number of para-hydroxylation sites is 1. The van der Waals surface area contributed by atoms with Gasteiger partial charge in [-0.25, -0.2) is 0 Å². The van der Waals surface area contributed by atoms with Crippen molar-refractivity contribution in [2.45, 2.75) is 32.4 Å². The number of ether oxygens (including phenoxy) is 1. The summed E-state index contributed by atoms with van der Waals surface area (Å²) in [5, 5.41) is 0. The van der Waals surface area contributed by atoms with E-state index in [-0.39, 0.29) is 11.9 Å². The van der Waals surface area contributed by atoms with Gasteiger partial charge in [0.25, 0.3) is 5.91 Å². The molecule has 1 aliphatic rings. The first kappa shape index (κ1) is 18.3. The number of carbonyl (C=O) groups excluding carboxylic acids is 1. The van der Waals surface area contributed by atoms with E-state index in [1.165, 1.54) is 16.7 Å². The van der Waals surface area contributed by atoms with Gasteiger partial charge in [-0.1, -0.05) is 72.3 Å². The maximum atomic E-state index is 13.4. The Morgan fingerprint density at radius 2 is 1.64 bits per heavy atom. The maximum absolute atomic E-state index is 13.4. The molecular weight excluding hydrogens is 346 g/mol. The van der Waals surface area contributed by atoms with E-state index in [1.54, 1.807) is 0 Å². The van der Waals surface area contributed by atoms with Gasteiger partial charge in [-0.05, 0) is 49.1 Å². The predicted molar refractivity (Wildman–Crippen MR) is 111 cm³/mol. The highest BCUT2D eigenvalue weighted by Crippen LogP contribution is 2.35. The van der Waals surface area contributed by atoms with E-state index in [1.807, 2.05) is 42.2 Å². The average molecular weight is 371 g/mol. The van der Waals surface area contributed by atoms with Gasteiger partial charge in [0, 0.05) is 6.54 Å². The van der Waals surface area contributed by atoms with Crippen LogP contribution in [0.15, 0.2) is 78.9 Å². The molecule has 0 saturated heterocycles. The summed E-state index contributed by atoms with van der Waals surface area (Å²) < 4.78 is 5.93. The molecule has 28 heavy (non-hydrogen) atoms. The average Bonchev–Trinajstić information content (AvgIpc) is 2.74. The normalized spacial score (nSPS) is 16.9. The van der Waals surface area contributed by atoms with E-state index in [9.17, 15) is 4.79 Å². The zero-order valence-electron chi connectivity index (χ0n) is 16.3. The van der Waals surface area contributed by atoms with Crippen LogP contribution < -0.4 is 4.74 Å². The van der Waals surface area contributed by atoms with Crippen LogP contribution in [0.5, 0.6) is 5.75 Å². The third kappa shape index (κ3) is 3.65. The number of rotatable bonds is 4. The van der Waals surface area contributed by atoms with Crippen molar-refractivity contribution < 1.29 is 9.53 Å². The Morgan fingerprint density at radius 1 is 0.964 bits per heavy atom. The smallest absolute Gasteiger partial charge is 0.264 e. The highest BCUT2D eigenvalue weighted by atomic mass is 16.5. The number of aryl methyl sites for hydroxylation is 1. The fourth-order valence-corrected chi connectivity index (χ4v) is 3.90. The van der Waals surface area contributed by atoms with Crippen molar-refractivity contribution in [1.82, 2.24) is 4.90 Å². The van der Waals surface area contributed by atoms with Crippen LogP contribution in [0.4, 0.5) is 0 Å². The monoisotopic (exact) mass is 371 g/mol. The third-order valence-electron chi connectivity index (χ3n) is 5.36. The largest absolute Gasteiger partial charge is 0.481 e. The molecule has 1 heterocycles. The standard InChI is InChI=1S/C25H25NO2/c1-18-12-14-21(15-13-18)24-23-11-7-6-8-20(23)16-17-26(24)25(27)19(2)28-22-9-4-3-5-10-22/h3-15,19,24H,16-17H2,1-2H3/t19-,24-/m0/s1. The molecule has 0 spiro atoms. The highest BCUT2D eigenvalue weighted by molar-refractivity contribution is 5.82. The number of carbonyl (C=O) groups is 1. The Hall–Kier alpha value is -3.07. The lowest BCUT2D eigenvalue weighted by Gasteiger charge is -2.39. The van der Waals surface area contributed by atoms with Crippen LogP contribution in [-0.4, -0.2) is 23.5 Å². The molecule has 0 fully saturated rings.